The Kier molecular flexibility index (Phi) is 4.07. The van der Waals surface area contributed by atoms with E-state index in [4.69, 9.17) is 0 Å². The van der Waals surface area contributed by atoms with E-state index in [2.05, 4.69) is 17.4 Å². The second-order valence-corrected chi connectivity index (χ2v) is 8.06. The second kappa shape index (κ2) is 6.02. The quantitative estimate of drug-likeness (QED) is 0.794. The molecule has 136 valence electrons. The Morgan fingerprint density at radius 1 is 1.28 bits per heavy atom. The third-order valence-electron chi connectivity index (χ3n) is 5.91. The van der Waals surface area contributed by atoms with Crippen molar-refractivity contribution in [1.29, 1.82) is 0 Å². The molecule has 0 aromatic heterocycles. The molecule has 25 heavy (non-hydrogen) atoms. The summed E-state index contributed by atoms with van der Waals surface area (Å²) in [5.41, 5.74) is 1.31. The maximum atomic E-state index is 13.6. The van der Waals surface area contributed by atoms with E-state index in [1.165, 1.54) is 10.5 Å². The van der Waals surface area contributed by atoms with Crippen LogP contribution in [0.25, 0.3) is 0 Å². The van der Waals surface area contributed by atoms with E-state index in [1.54, 1.807) is 0 Å². The van der Waals surface area contributed by atoms with Gasteiger partial charge in [-0.2, -0.15) is 0 Å². The van der Waals surface area contributed by atoms with Gasteiger partial charge in [0.15, 0.2) is 0 Å². The Hall–Kier alpha value is -1.53. The molecule has 1 aromatic rings. The van der Waals surface area contributed by atoms with Crippen LogP contribution in [-0.4, -0.2) is 53.6 Å². The lowest BCUT2D eigenvalue weighted by molar-refractivity contribution is -0.142. The van der Waals surface area contributed by atoms with Gasteiger partial charge >= 0.3 is 5.97 Å². The van der Waals surface area contributed by atoms with E-state index in [-0.39, 0.29) is 5.41 Å². The predicted molar refractivity (Wildman–Crippen MR) is 89.8 cm³/mol. The number of carboxylic acid groups (broad SMARTS) is 1. The van der Waals surface area contributed by atoms with Gasteiger partial charge in [-0.15, -0.1) is 0 Å². The molecule has 0 spiro atoms. The van der Waals surface area contributed by atoms with Gasteiger partial charge in [-0.3, -0.25) is 9.69 Å². The predicted octanol–water partition coefficient (Wildman–Crippen LogP) is 2.71. The molecule has 2 N–H and O–H groups in total. The Balaban J connectivity index is 1.31. The van der Waals surface area contributed by atoms with E-state index < -0.39 is 30.9 Å². The molecular formula is C19H24F2N2O2. The molecule has 2 aliphatic carbocycles. The van der Waals surface area contributed by atoms with Gasteiger partial charge in [0, 0.05) is 31.5 Å². The van der Waals surface area contributed by atoms with Gasteiger partial charge in [0.25, 0.3) is 5.92 Å². The summed E-state index contributed by atoms with van der Waals surface area (Å²) in [4.78, 5) is 12.8. The van der Waals surface area contributed by atoms with Crippen molar-refractivity contribution in [2.24, 2.45) is 5.41 Å². The SMILES string of the molecule is O=C(O)[C@@H]1CC(F)(F)CN1CC1(CNC2C[C@H]2c2ccccc2)CC1. The molecule has 3 fully saturated rings. The van der Waals surface area contributed by atoms with Crippen molar-refractivity contribution >= 4 is 5.97 Å². The molecular weight excluding hydrogens is 326 g/mol. The van der Waals surface area contributed by atoms with E-state index in [0.29, 0.717) is 18.5 Å². The lowest BCUT2D eigenvalue weighted by Crippen LogP contribution is -2.42. The van der Waals surface area contributed by atoms with E-state index in [1.807, 2.05) is 18.2 Å². The minimum Gasteiger partial charge on any atom is -0.480 e. The van der Waals surface area contributed by atoms with E-state index in [9.17, 15) is 18.7 Å². The van der Waals surface area contributed by atoms with Crippen LogP contribution in [0.4, 0.5) is 8.78 Å². The van der Waals surface area contributed by atoms with Gasteiger partial charge in [-0.1, -0.05) is 30.3 Å². The number of hydrogen-bond acceptors (Lipinski definition) is 3. The number of halogens is 2. The number of likely N-dealkylation sites (tertiary alicyclic amines) is 1. The maximum absolute atomic E-state index is 13.6. The summed E-state index contributed by atoms with van der Waals surface area (Å²) < 4.78 is 27.3. The Morgan fingerprint density at radius 3 is 2.64 bits per heavy atom. The summed E-state index contributed by atoms with van der Waals surface area (Å²) in [5.74, 6) is -3.48. The van der Waals surface area contributed by atoms with Gasteiger partial charge < -0.3 is 10.4 Å². The summed E-state index contributed by atoms with van der Waals surface area (Å²) in [5, 5.41) is 12.8. The van der Waals surface area contributed by atoms with Gasteiger partial charge in [0.2, 0.25) is 0 Å². The highest BCUT2D eigenvalue weighted by Gasteiger charge is 2.53. The van der Waals surface area contributed by atoms with Crippen molar-refractivity contribution < 1.29 is 18.7 Å². The normalized spacial score (nSPS) is 32.5. The lowest BCUT2D eigenvalue weighted by Gasteiger charge is -2.26. The highest BCUT2D eigenvalue weighted by molar-refractivity contribution is 5.74. The van der Waals surface area contributed by atoms with Gasteiger partial charge in [0.05, 0.1) is 6.54 Å². The molecule has 1 saturated heterocycles. The third kappa shape index (κ3) is 3.70. The van der Waals surface area contributed by atoms with Crippen LogP contribution in [0.1, 0.15) is 37.2 Å². The van der Waals surface area contributed by atoms with Crippen LogP contribution in [0, 0.1) is 5.41 Å². The molecule has 1 unspecified atom stereocenters. The second-order valence-electron chi connectivity index (χ2n) is 8.06. The fourth-order valence-corrected chi connectivity index (χ4v) is 4.13. The van der Waals surface area contributed by atoms with E-state index >= 15 is 0 Å². The van der Waals surface area contributed by atoms with Gasteiger partial charge in [-0.05, 0) is 30.2 Å². The van der Waals surface area contributed by atoms with Crippen molar-refractivity contribution in [2.75, 3.05) is 19.6 Å². The number of carbonyl (C=O) groups is 1. The first-order valence-corrected chi connectivity index (χ1v) is 9.01. The lowest BCUT2D eigenvalue weighted by atomic mass is 10.1. The summed E-state index contributed by atoms with van der Waals surface area (Å²) in [6.45, 7) is 0.812. The molecule has 0 radical (unpaired) electrons. The van der Waals surface area contributed by atoms with Crippen LogP contribution >= 0.6 is 0 Å². The van der Waals surface area contributed by atoms with E-state index in [0.717, 1.165) is 25.8 Å². The number of benzene rings is 1. The molecule has 1 heterocycles. The number of hydrogen-bond donors (Lipinski definition) is 2. The fourth-order valence-electron chi connectivity index (χ4n) is 4.13. The highest BCUT2D eigenvalue weighted by Crippen LogP contribution is 2.49. The minimum absolute atomic E-state index is 0.0298. The molecule has 4 rings (SSSR count). The zero-order valence-corrected chi connectivity index (χ0v) is 14.1. The van der Waals surface area contributed by atoms with Crippen molar-refractivity contribution in [2.45, 2.75) is 49.6 Å². The first kappa shape index (κ1) is 16.9. The van der Waals surface area contributed by atoms with Crippen molar-refractivity contribution in [3.8, 4) is 0 Å². The number of aliphatic carboxylic acids is 1. The van der Waals surface area contributed by atoms with Gasteiger partial charge in [0.1, 0.15) is 6.04 Å². The van der Waals surface area contributed by atoms with Crippen LogP contribution < -0.4 is 5.32 Å². The molecule has 0 bridgehead atoms. The number of nitrogens with one attached hydrogen (secondary N) is 1. The van der Waals surface area contributed by atoms with Crippen molar-refractivity contribution in [1.82, 2.24) is 10.2 Å². The molecule has 1 aliphatic heterocycles. The van der Waals surface area contributed by atoms with Crippen LogP contribution in [0.3, 0.4) is 0 Å². The fraction of sp³-hybridized carbons (Fsp3) is 0.632. The molecule has 3 atom stereocenters. The average Bonchev–Trinajstić information content (AvgIpc) is 3.46. The Labute approximate surface area is 146 Å². The van der Waals surface area contributed by atoms with Gasteiger partial charge in [-0.25, -0.2) is 8.78 Å². The molecule has 3 aliphatic rings. The van der Waals surface area contributed by atoms with Crippen molar-refractivity contribution in [3.05, 3.63) is 35.9 Å². The molecule has 2 saturated carbocycles. The average molecular weight is 350 g/mol. The number of rotatable bonds is 7. The maximum Gasteiger partial charge on any atom is 0.321 e. The summed E-state index contributed by atoms with van der Waals surface area (Å²) in [6, 6.07) is 9.80. The van der Waals surface area contributed by atoms with Crippen LogP contribution in [0.15, 0.2) is 30.3 Å². The monoisotopic (exact) mass is 350 g/mol. The standard InChI is InChI=1S/C19H24F2N2O2/c20-19(21)9-16(17(24)25)23(12-19)11-18(6-7-18)10-22-15-8-14(15)13-4-2-1-3-5-13/h1-5,14-16,22H,6-12H2,(H,24,25)/t14-,15?,16-/m0/s1. The highest BCUT2D eigenvalue weighted by atomic mass is 19.3. The molecule has 6 heteroatoms. The summed E-state index contributed by atoms with van der Waals surface area (Å²) >= 11 is 0. The van der Waals surface area contributed by atoms with Crippen LogP contribution in [0.2, 0.25) is 0 Å². The zero-order valence-electron chi connectivity index (χ0n) is 14.1. The summed E-state index contributed by atoms with van der Waals surface area (Å²) in [6.07, 6.45) is 2.51. The molecule has 4 nitrogen and oxygen atoms in total. The van der Waals surface area contributed by atoms with Crippen molar-refractivity contribution in [3.63, 3.8) is 0 Å². The summed E-state index contributed by atoms with van der Waals surface area (Å²) in [7, 11) is 0. The largest absolute Gasteiger partial charge is 0.480 e. The zero-order chi connectivity index (χ0) is 17.7. The van der Waals surface area contributed by atoms with Crippen LogP contribution in [-0.2, 0) is 4.79 Å². The first-order valence-electron chi connectivity index (χ1n) is 9.01. The number of nitrogens with zero attached hydrogens (tertiary/aromatic N) is 1. The first-order chi connectivity index (χ1) is 11.9. The Bertz CT molecular complexity index is 648. The van der Waals surface area contributed by atoms with Crippen LogP contribution in [0.5, 0.6) is 0 Å². The molecule has 1 aromatic carbocycles. The third-order valence-corrected chi connectivity index (χ3v) is 5.91. The Morgan fingerprint density at radius 2 is 2.00 bits per heavy atom. The molecule has 0 amide bonds. The smallest absolute Gasteiger partial charge is 0.321 e. The minimum atomic E-state index is -2.89. The number of alkyl halides is 2. The number of carboxylic acids is 1. The topological polar surface area (TPSA) is 52.6 Å².